The van der Waals surface area contributed by atoms with E-state index in [9.17, 15) is 0 Å². The number of halogens is 2. The zero-order chi connectivity index (χ0) is 15.1. The first-order chi connectivity index (χ1) is 9.53. The predicted molar refractivity (Wildman–Crippen MR) is 92.6 cm³/mol. The minimum atomic E-state index is 0.299. The summed E-state index contributed by atoms with van der Waals surface area (Å²) in [6.45, 7) is 5.59. The normalized spacial score (nSPS) is 13.2. The molecule has 0 bridgehead atoms. The zero-order valence-electron chi connectivity index (χ0n) is 12.9. The largest absolute Gasteiger partial charge is 0.313 e. The van der Waals surface area contributed by atoms with Gasteiger partial charge in [-0.05, 0) is 57.6 Å². The smallest absolute Gasteiger partial charge is 0.0465 e. The number of hydrogen-bond donors (Lipinski definition) is 1. The highest BCUT2D eigenvalue weighted by Crippen LogP contribution is 2.28. The molecule has 0 radical (unpaired) electrons. The van der Waals surface area contributed by atoms with Gasteiger partial charge in [0.05, 0.1) is 0 Å². The van der Waals surface area contributed by atoms with Gasteiger partial charge in [0.2, 0.25) is 0 Å². The van der Waals surface area contributed by atoms with E-state index in [4.69, 9.17) is 11.6 Å². The second-order valence-electron chi connectivity index (χ2n) is 5.25. The quantitative estimate of drug-likeness (QED) is 0.710. The Labute approximate surface area is 137 Å². The van der Waals surface area contributed by atoms with E-state index in [0.717, 1.165) is 22.5 Å². The molecule has 0 aliphatic heterocycles. The van der Waals surface area contributed by atoms with E-state index in [2.05, 4.69) is 59.2 Å². The topological polar surface area (TPSA) is 15.3 Å². The van der Waals surface area contributed by atoms with Crippen molar-refractivity contribution in [1.29, 1.82) is 0 Å². The Bertz CT molecular complexity index is 407. The molecule has 1 N–H and O–H groups in total. The van der Waals surface area contributed by atoms with Crippen LogP contribution in [0.1, 0.15) is 44.7 Å². The Morgan fingerprint density at radius 1 is 1.30 bits per heavy atom. The first-order valence-corrected chi connectivity index (χ1v) is 8.52. The molecule has 0 saturated carbocycles. The van der Waals surface area contributed by atoms with Crippen molar-refractivity contribution in [2.45, 2.75) is 45.2 Å². The van der Waals surface area contributed by atoms with Gasteiger partial charge in [-0.1, -0.05) is 47.4 Å². The number of nitrogens with zero attached hydrogens (tertiary/aromatic N) is 1. The maximum absolute atomic E-state index is 6.35. The van der Waals surface area contributed by atoms with Gasteiger partial charge in [0.15, 0.2) is 0 Å². The van der Waals surface area contributed by atoms with Crippen LogP contribution in [-0.2, 0) is 0 Å². The molecule has 1 rings (SSSR count). The zero-order valence-corrected chi connectivity index (χ0v) is 15.3. The molecular weight excluding hydrogens is 336 g/mol. The Kier molecular flexibility index (Phi) is 8.11. The van der Waals surface area contributed by atoms with Gasteiger partial charge in [0.25, 0.3) is 0 Å². The van der Waals surface area contributed by atoms with E-state index in [1.54, 1.807) is 0 Å². The Balaban J connectivity index is 2.68. The van der Waals surface area contributed by atoms with E-state index < -0.39 is 0 Å². The fraction of sp³-hybridized carbons (Fsp3) is 0.625. The summed E-state index contributed by atoms with van der Waals surface area (Å²) in [5.74, 6) is 0. The van der Waals surface area contributed by atoms with Crippen LogP contribution >= 0.6 is 27.5 Å². The van der Waals surface area contributed by atoms with Crippen LogP contribution in [0.5, 0.6) is 0 Å². The summed E-state index contributed by atoms with van der Waals surface area (Å²) >= 11 is 9.81. The maximum Gasteiger partial charge on any atom is 0.0465 e. The third-order valence-corrected chi connectivity index (χ3v) is 4.84. The van der Waals surface area contributed by atoms with E-state index in [1.807, 2.05) is 13.1 Å². The summed E-state index contributed by atoms with van der Waals surface area (Å²) in [6.07, 6.45) is 3.47. The molecular formula is C16H26BrClN2. The van der Waals surface area contributed by atoms with Crippen LogP contribution in [0, 0.1) is 0 Å². The van der Waals surface area contributed by atoms with Crippen molar-refractivity contribution in [3.05, 3.63) is 33.3 Å². The van der Waals surface area contributed by atoms with Crippen LogP contribution in [0.25, 0.3) is 0 Å². The molecule has 0 saturated heterocycles. The van der Waals surface area contributed by atoms with Crippen molar-refractivity contribution >= 4 is 27.5 Å². The van der Waals surface area contributed by atoms with Crippen molar-refractivity contribution in [3.63, 3.8) is 0 Å². The third kappa shape index (κ3) is 5.03. The Hall–Kier alpha value is -0.0900. The summed E-state index contributed by atoms with van der Waals surface area (Å²) in [5, 5.41) is 4.21. The molecule has 0 fully saturated rings. The van der Waals surface area contributed by atoms with Gasteiger partial charge < -0.3 is 10.2 Å². The SMILES string of the molecule is CCC(CC)N(C)CCC(NC)c1ccc(Br)cc1Cl. The van der Waals surface area contributed by atoms with Crippen molar-refractivity contribution < 1.29 is 0 Å². The van der Waals surface area contributed by atoms with Crippen LogP contribution in [0.3, 0.4) is 0 Å². The minimum Gasteiger partial charge on any atom is -0.313 e. The van der Waals surface area contributed by atoms with E-state index in [1.165, 1.54) is 18.4 Å². The van der Waals surface area contributed by atoms with E-state index >= 15 is 0 Å². The van der Waals surface area contributed by atoms with Crippen LogP contribution in [-0.4, -0.2) is 31.6 Å². The van der Waals surface area contributed by atoms with E-state index in [-0.39, 0.29) is 0 Å². The van der Waals surface area contributed by atoms with E-state index in [0.29, 0.717) is 12.1 Å². The molecule has 1 aromatic rings. The van der Waals surface area contributed by atoms with Crippen LogP contribution in [0.4, 0.5) is 0 Å². The lowest BCUT2D eigenvalue weighted by molar-refractivity contribution is 0.219. The van der Waals surface area contributed by atoms with Crippen molar-refractivity contribution in [2.75, 3.05) is 20.6 Å². The molecule has 1 atom stereocenters. The van der Waals surface area contributed by atoms with Gasteiger partial charge in [-0.15, -0.1) is 0 Å². The molecule has 2 nitrogen and oxygen atoms in total. The molecule has 1 unspecified atom stereocenters. The van der Waals surface area contributed by atoms with Crippen molar-refractivity contribution in [3.8, 4) is 0 Å². The molecule has 0 aliphatic rings. The lowest BCUT2D eigenvalue weighted by Crippen LogP contribution is -2.33. The average molecular weight is 362 g/mol. The first kappa shape index (κ1) is 18.0. The first-order valence-electron chi connectivity index (χ1n) is 7.35. The average Bonchev–Trinajstić information content (AvgIpc) is 2.42. The summed E-state index contributed by atoms with van der Waals surface area (Å²) < 4.78 is 1.02. The lowest BCUT2D eigenvalue weighted by atomic mass is 10.0. The monoisotopic (exact) mass is 360 g/mol. The molecule has 0 amide bonds. The molecule has 0 spiro atoms. The fourth-order valence-corrected chi connectivity index (χ4v) is 3.47. The maximum atomic E-state index is 6.35. The van der Waals surface area contributed by atoms with Crippen LogP contribution in [0.15, 0.2) is 22.7 Å². The standard InChI is InChI=1S/C16H26BrClN2/c1-5-13(6-2)20(4)10-9-16(19-3)14-8-7-12(17)11-15(14)18/h7-8,11,13,16,19H,5-6,9-10H2,1-4H3. The minimum absolute atomic E-state index is 0.299. The Morgan fingerprint density at radius 2 is 1.95 bits per heavy atom. The second-order valence-corrected chi connectivity index (χ2v) is 6.57. The molecule has 1 aromatic carbocycles. The second kappa shape index (κ2) is 9.04. The summed E-state index contributed by atoms with van der Waals surface area (Å²) in [7, 11) is 4.22. The number of hydrogen-bond acceptors (Lipinski definition) is 2. The van der Waals surface area contributed by atoms with Gasteiger partial charge in [0, 0.05) is 21.6 Å². The van der Waals surface area contributed by atoms with Crippen LogP contribution < -0.4 is 5.32 Å². The summed E-state index contributed by atoms with van der Waals surface area (Å²) in [6, 6.07) is 7.09. The summed E-state index contributed by atoms with van der Waals surface area (Å²) in [5.41, 5.74) is 1.18. The Morgan fingerprint density at radius 3 is 2.45 bits per heavy atom. The van der Waals surface area contributed by atoms with Crippen LogP contribution in [0.2, 0.25) is 5.02 Å². The third-order valence-electron chi connectivity index (χ3n) is 4.02. The molecule has 0 aromatic heterocycles. The van der Waals surface area contributed by atoms with Gasteiger partial charge >= 0.3 is 0 Å². The van der Waals surface area contributed by atoms with Gasteiger partial charge in [-0.2, -0.15) is 0 Å². The summed E-state index contributed by atoms with van der Waals surface area (Å²) in [4.78, 5) is 2.46. The van der Waals surface area contributed by atoms with Gasteiger partial charge in [-0.3, -0.25) is 0 Å². The molecule has 20 heavy (non-hydrogen) atoms. The molecule has 0 aliphatic carbocycles. The van der Waals surface area contributed by atoms with Crippen molar-refractivity contribution in [1.82, 2.24) is 10.2 Å². The lowest BCUT2D eigenvalue weighted by Gasteiger charge is -2.28. The number of nitrogens with one attached hydrogen (secondary N) is 1. The predicted octanol–water partition coefficient (Wildman–Crippen LogP) is 4.87. The highest BCUT2D eigenvalue weighted by molar-refractivity contribution is 9.10. The van der Waals surface area contributed by atoms with Gasteiger partial charge in [-0.25, -0.2) is 0 Å². The number of benzene rings is 1. The molecule has 4 heteroatoms. The fourth-order valence-electron chi connectivity index (χ4n) is 2.67. The highest BCUT2D eigenvalue weighted by atomic mass is 79.9. The van der Waals surface area contributed by atoms with Gasteiger partial charge in [0.1, 0.15) is 0 Å². The highest BCUT2D eigenvalue weighted by Gasteiger charge is 2.16. The number of rotatable bonds is 8. The molecule has 114 valence electrons. The van der Waals surface area contributed by atoms with Crippen molar-refractivity contribution in [2.24, 2.45) is 0 Å². The molecule has 0 heterocycles.